The highest BCUT2D eigenvalue weighted by atomic mass is 16.5. The Morgan fingerprint density at radius 2 is 1.95 bits per heavy atom. The van der Waals surface area contributed by atoms with Gasteiger partial charge < -0.3 is 4.74 Å². The molecule has 0 N–H and O–H groups in total. The van der Waals surface area contributed by atoms with Crippen molar-refractivity contribution in [2.24, 2.45) is 18.0 Å². The van der Waals surface area contributed by atoms with Gasteiger partial charge in [-0.3, -0.25) is 18.9 Å². The minimum atomic E-state index is -0.387. The number of hydrogen-bond acceptors (Lipinski definition) is 4. The van der Waals surface area contributed by atoms with Gasteiger partial charge in [-0.25, -0.2) is 4.79 Å². The molecule has 0 unspecified atom stereocenters. The lowest BCUT2D eigenvalue weighted by molar-refractivity contribution is 0.0538. The smallest absolute Gasteiger partial charge is 0.331 e. The average Bonchev–Trinajstić information content (AvgIpc) is 2.55. The molecule has 6 nitrogen and oxygen atoms in total. The number of methoxy groups -OCH3 is 1. The zero-order valence-corrected chi connectivity index (χ0v) is 13.2. The Morgan fingerprint density at radius 1 is 1.32 bits per heavy atom. The van der Waals surface area contributed by atoms with Crippen LogP contribution in [0.5, 0.6) is 0 Å². The average molecular weight is 305 g/mol. The molecule has 120 valence electrons. The Balaban J connectivity index is 2.34. The molecule has 1 aromatic rings. The van der Waals surface area contributed by atoms with Crippen molar-refractivity contribution in [2.75, 3.05) is 7.11 Å². The summed E-state index contributed by atoms with van der Waals surface area (Å²) in [5.41, 5.74) is -0.130. The molecule has 0 aliphatic heterocycles. The molecule has 0 radical (unpaired) electrons. The van der Waals surface area contributed by atoms with Gasteiger partial charge in [-0.2, -0.15) is 0 Å². The van der Waals surface area contributed by atoms with Gasteiger partial charge in [-0.05, 0) is 44.4 Å². The molecule has 0 amide bonds. The van der Waals surface area contributed by atoms with E-state index >= 15 is 0 Å². The Kier molecular flexibility index (Phi) is 5.13. The van der Waals surface area contributed by atoms with Crippen LogP contribution in [0.2, 0.25) is 0 Å². The molecule has 6 heteroatoms. The zero-order valence-electron chi connectivity index (χ0n) is 13.2. The zero-order chi connectivity index (χ0) is 16.3. The van der Waals surface area contributed by atoms with Crippen molar-refractivity contribution in [2.45, 2.75) is 38.3 Å². The standard InChI is InChI=1S/C16H23N3O3/c1-5-13-14(17-2)15(20)19(16(21)18(13)3)10-11-6-8-12(22-4)9-7-11/h5,11-12H,1-2,6-10H2,3-4H3. The molecule has 1 aliphatic rings. The maximum absolute atomic E-state index is 12.5. The summed E-state index contributed by atoms with van der Waals surface area (Å²) in [6.07, 6.45) is 5.59. The highest BCUT2D eigenvalue weighted by molar-refractivity contribution is 5.60. The summed E-state index contributed by atoms with van der Waals surface area (Å²) in [6, 6.07) is 0. The lowest BCUT2D eigenvalue weighted by Crippen LogP contribution is -2.42. The van der Waals surface area contributed by atoms with Crippen molar-refractivity contribution in [3.05, 3.63) is 33.1 Å². The van der Waals surface area contributed by atoms with E-state index in [1.807, 2.05) is 0 Å². The largest absolute Gasteiger partial charge is 0.381 e. The van der Waals surface area contributed by atoms with Gasteiger partial charge in [0.05, 0.1) is 11.8 Å². The van der Waals surface area contributed by atoms with Crippen LogP contribution in [0.4, 0.5) is 5.69 Å². The van der Waals surface area contributed by atoms with Gasteiger partial charge in [0.15, 0.2) is 5.69 Å². The summed E-state index contributed by atoms with van der Waals surface area (Å²) in [6.45, 7) is 7.49. The first-order valence-corrected chi connectivity index (χ1v) is 7.49. The maximum atomic E-state index is 12.5. The molecule has 22 heavy (non-hydrogen) atoms. The Labute approximate surface area is 129 Å². The third kappa shape index (κ3) is 2.97. The minimum absolute atomic E-state index is 0.183. The predicted octanol–water partition coefficient (Wildman–Crippen LogP) is 1.73. The summed E-state index contributed by atoms with van der Waals surface area (Å²) < 4.78 is 8.03. The fourth-order valence-electron chi connectivity index (χ4n) is 3.12. The van der Waals surface area contributed by atoms with E-state index in [9.17, 15) is 9.59 Å². The van der Waals surface area contributed by atoms with E-state index < -0.39 is 0 Å². The van der Waals surface area contributed by atoms with Crippen LogP contribution in [-0.4, -0.2) is 29.1 Å². The number of ether oxygens (including phenoxy) is 1. The number of hydrogen-bond donors (Lipinski definition) is 0. The molecule has 0 saturated heterocycles. The van der Waals surface area contributed by atoms with Crippen LogP contribution < -0.4 is 11.2 Å². The van der Waals surface area contributed by atoms with Crippen LogP contribution in [-0.2, 0) is 18.3 Å². The van der Waals surface area contributed by atoms with Crippen LogP contribution in [0.3, 0.4) is 0 Å². The second kappa shape index (κ2) is 6.87. The fourth-order valence-corrected chi connectivity index (χ4v) is 3.12. The first-order valence-electron chi connectivity index (χ1n) is 7.49. The molecule has 1 fully saturated rings. The number of aliphatic imine (C=N–C) groups is 1. The molecule has 0 spiro atoms. The number of nitrogens with zero attached hydrogens (tertiary/aromatic N) is 3. The van der Waals surface area contributed by atoms with Gasteiger partial charge in [-0.15, -0.1) is 0 Å². The van der Waals surface area contributed by atoms with Crippen molar-refractivity contribution in [1.82, 2.24) is 9.13 Å². The van der Waals surface area contributed by atoms with Crippen molar-refractivity contribution < 1.29 is 4.74 Å². The Bertz CT molecular complexity index is 679. The molecule has 0 aromatic carbocycles. The Hall–Kier alpha value is -1.95. The van der Waals surface area contributed by atoms with E-state index in [0.717, 1.165) is 25.7 Å². The predicted molar refractivity (Wildman–Crippen MR) is 88.0 cm³/mol. The first-order chi connectivity index (χ1) is 10.5. The summed E-state index contributed by atoms with van der Waals surface area (Å²) in [7, 11) is 3.34. The minimum Gasteiger partial charge on any atom is -0.381 e. The van der Waals surface area contributed by atoms with E-state index in [2.05, 4.69) is 18.3 Å². The van der Waals surface area contributed by atoms with E-state index in [1.165, 1.54) is 15.2 Å². The topological polar surface area (TPSA) is 65.6 Å². The van der Waals surface area contributed by atoms with Crippen LogP contribution in [0.1, 0.15) is 31.4 Å². The molecule has 0 bridgehead atoms. The molecule has 1 saturated carbocycles. The van der Waals surface area contributed by atoms with Crippen molar-refractivity contribution in [3.8, 4) is 0 Å². The SMILES string of the molecule is C=Cc1c(N=C)c(=O)n(CC2CCC(OC)CC2)c(=O)n1C. The molecule has 1 aromatic heterocycles. The second-order valence-corrected chi connectivity index (χ2v) is 5.73. The number of rotatable bonds is 5. The monoisotopic (exact) mass is 305 g/mol. The van der Waals surface area contributed by atoms with Crippen LogP contribution >= 0.6 is 0 Å². The van der Waals surface area contributed by atoms with E-state index in [0.29, 0.717) is 24.3 Å². The second-order valence-electron chi connectivity index (χ2n) is 5.73. The van der Waals surface area contributed by atoms with Crippen LogP contribution in [0, 0.1) is 5.92 Å². The highest BCUT2D eigenvalue weighted by Gasteiger charge is 2.23. The summed E-state index contributed by atoms with van der Waals surface area (Å²) in [5, 5.41) is 0. The van der Waals surface area contributed by atoms with Crippen molar-refractivity contribution >= 4 is 18.5 Å². The maximum Gasteiger partial charge on any atom is 0.331 e. The molecule has 0 atom stereocenters. The van der Waals surface area contributed by atoms with Crippen LogP contribution in [0.25, 0.3) is 6.08 Å². The molecular weight excluding hydrogens is 282 g/mol. The quantitative estimate of drug-likeness (QED) is 0.778. The van der Waals surface area contributed by atoms with Gasteiger partial charge in [0.1, 0.15) is 0 Å². The van der Waals surface area contributed by atoms with Gasteiger partial charge in [0.2, 0.25) is 0 Å². The van der Waals surface area contributed by atoms with Crippen LogP contribution in [0.15, 0.2) is 21.2 Å². The molecule has 1 heterocycles. The van der Waals surface area contributed by atoms with E-state index in [1.54, 1.807) is 14.2 Å². The highest BCUT2D eigenvalue weighted by Crippen LogP contribution is 2.26. The lowest BCUT2D eigenvalue weighted by Gasteiger charge is -2.28. The van der Waals surface area contributed by atoms with Gasteiger partial charge in [-0.1, -0.05) is 6.58 Å². The third-order valence-electron chi connectivity index (χ3n) is 4.49. The fraction of sp³-hybridized carbons (Fsp3) is 0.562. The summed E-state index contributed by atoms with van der Waals surface area (Å²) >= 11 is 0. The van der Waals surface area contributed by atoms with Gasteiger partial charge in [0, 0.05) is 20.7 Å². The van der Waals surface area contributed by atoms with Gasteiger partial charge in [0.25, 0.3) is 5.56 Å². The summed E-state index contributed by atoms with van der Waals surface area (Å²) in [5.74, 6) is 0.309. The first kappa shape index (κ1) is 16.4. The third-order valence-corrected chi connectivity index (χ3v) is 4.49. The van der Waals surface area contributed by atoms with Gasteiger partial charge >= 0.3 is 5.69 Å². The van der Waals surface area contributed by atoms with E-state index in [4.69, 9.17) is 4.74 Å². The summed E-state index contributed by atoms with van der Waals surface area (Å²) in [4.78, 5) is 28.7. The normalized spacial score (nSPS) is 21.5. The molecule has 1 aliphatic carbocycles. The van der Waals surface area contributed by atoms with Crippen molar-refractivity contribution in [1.29, 1.82) is 0 Å². The van der Waals surface area contributed by atoms with Crippen molar-refractivity contribution in [3.63, 3.8) is 0 Å². The van der Waals surface area contributed by atoms with E-state index in [-0.39, 0.29) is 16.9 Å². The molecule has 2 rings (SSSR count). The number of aromatic nitrogens is 2. The lowest BCUT2D eigenvalue weighted by atomic mass is 9.87. The Morgan fingerprint density at radius 3 is 2.45 bits per heavy atom. The molecular formula is C16H23N3O3.